The van der Waals surface area contributed by atoms with Crippen molar-refractivity contribution in [2.75, 3.05) is 0 Å². The average Bonchev–Trinajstić information content (AvgIpc) is 3.40. The molecule has 0 heterocycles. The summed E-state index contributed by atoms with van der Waals surface area (Å²) in [7, 11) is 0. The van der Waals surface area contributed by atoms with Crippen LogP contribution in [0.2, 0.25) is 0 Å². The number of rotatable bonds is 20. The van der Waals surface area contributed by atoms with Gasteiger partial charge in [-0.25, -0.2) is 0 Å². The van der Waals surface area contributed by atoms with Crippen LogP contribution >= 0.6 is 0 Å². The molecule has 0 unspecified atom stereocenters. The summed E-state index contributed by atoms with van der Waals surface area (Å²) in [6.45, 7) is 9.17. The molecule has 0 atom stereocenters. The van der Waals surface area contributed by atoms with Crippen molar-refractivity contribution in [3.63, 3.8) is 0 Å². The molecule has 0 aromatic heterocycles. The van der Waals surface area contributed by atoms with Gasteiger partial charge in [-0.1, -0.05) is 249 Å². The molecule has 70 heavy (non-hydrogen) atoms. The Morgan fingerprint density at radius 3 is 0.729 bits per heavy atom. The van der Waals surface area contributed by atoms with Crippen LogP contribution in [0, 0.1) is 0 Å². The highest BCUT2D eigenvalue weighted by molar-refractivity contribution is 6.34. The summed E-state index contributed by atoms with van der Waals surface area (Å²) in [4.78, 5) is 0. The van der Waals surface area contributed by atoms with Crippen molar-refractivity contribution in [3.05, 3.63) is 192 Å². The van der Waals surface area contributed by atoms with Crippen molar-refractivity contribution in [1.82, 2.24) is 0 Å². The first kappa shape index (κ1) is 47.2. The molecule has 0 saturated carbocycles. The quantitative estimate of drug-likeness (QED) is 0.0406. The van der Waals surface area contributed by atoms with Crippen LogP contribution in [0.5, 0.6) is 0 Å². The molecule has 0 aliphatic heterocycles. The zero-order valence-corrected chi connectivity index (χ0v) is 42.5. The van der Waals surface area contributed by atoms with Crippen LogP contribution in [0.1, 0.15) is 127 Å². The number of aryl methyl sites for hydroxylation is 4. The SMILES string of the molecule is CCCCCc1ccc(-c2c3ccccc3c(-c3ccc(CCCCC)cc3)c3c2ccc2c3ccc3c(-c4ccc(CCCCC)cc4)c4ccccc4c(-c4ccc(CCCCC)cc4)c32)cc1. The standard InChI is InChI=1S/C70H72/c1-5-9-13-21-49-29-37-53(38-30-49)65-57-25-17-19-27-59(57)67(55-41-33-51(34-42-55)23-15-11-7-3)69-61-46-48-64-66(54-39-31-50(32-40-54)22-14-10-6-2)58-26-18-20-28-60(58)68(70(64)62(61)45-47-63(65)69)56-43-35-52(36-44-56)24-16-12-8-4/h17-20,25-48H,5-16,21-24H2,1-4H3. The van der Waals surface area contributed by atoms with Crippen molar-refractivity contribution >= 4 is 53.9 Å². The molecule has 0 aliphatic carbocycles. The molecule has 0 nitrogen and oxygen atoms in total. The van der Waals surface area contributed by atoms with E-state index < -0.39 is 0 Å². The van der Waals surface area contributed by atoms with Crippen molar-refractivity contribution in [2.24, 2.45) is 0 Å². The predicted molar refractivity (Wildman–Crippen MR) is 309 cm³/mol. The first-order chi connectivity index (χ1) is 34.6. The molecule has 10 aromatic carbocycles. The van der Waals surface area contributed by atoms with E-state index in [2.05, 4.69) is 198 Å². The first-order valence-corrected chi connectivity index (χ1v) is 27.3. The van der Waals surface area contributed by atoms with E-state index in [1.807, 2.05) is 0 Å². The van der Waals surface area contributed by atoms with Gasteiger partial charge in [0.05, 0.1) is 0 Å². The summed E-state index contributed by atoms with van der Waals surface area (Å²) in [5.74, 6) is 0. The molecule has 0 N–H and O–H groups in total. The van der Waals surface area contributed by atoms with Gasteiger partial charge in [0, 0.05) is 0 Å². The van der Waals surface area contributed by atoms with E-state index in [0.29, 0.717) is 0 Å². The van der Waals surface area contributed by atoms with Crippen molar-refractivity contribution in [2.45, 2.75) is 130 Å². The lowest BCUT2D eigenvalue weighted by molar-refractivity contribution is 0.717. The zero-order valence-electron chi connectivity index (χ0n) is 42.5. The molecular weight excluding hydrogens is 841 g/mol. The van der Waals surface area contributed by atoms with Crippen molar-refractivity contribution in [1.29, 1.82) is 0 Å². The van der Waals surface area contributed by atoms with Gasteiger partial charge in [0.2, 0.25) is 0 Å². The summed E-state index contributed by atoms with van der Waals surface area (Å²) in [6, 6.07) is 66.8. The fraction of sp³-hybridized carbons (Fsp3) is 0.286. The molecule has 10 rings (SSSR count). The van der Waals surface area contributed by atoms with Crippen molar-refractivity contribution < 1.29 is 0 Å². The highest BCUT2D eigenvalue weighted by atomic mass is 14.3. The van der Waals surface area contributed by atoms with E-state index in [9.17, 15) is 0 Å². The normalized spacial score (nSPS) is 11.8. The van der Waals surface area contributed by atoms with E-state index in [1.54, 1.807) is 0 Å². The fourth-order valence-corrected chi connectivity index (χ4v) is 11.6. The maximum atomic E-state index is 2.48. The third-order valence-electron chi connectivity index (χ3n) is 15.4. The summed E-state index contributed by atoms with van der Waals surface area (Å²) in [5, 5.41) is 13.1. The second-order valence-corrected chi connectivity index (χ2v) is 20.3. The topological polar surface area (TPSA) is 0 Å². The van der Waals surface area contributed by atoms with Crippen LogP contribution in [-0.4, -0.2) is 0 Å². The highest BCUT2D eigenvalue weighted by Gasteiger charge is 2.23. The number of hydrogen-bond donors (Lipinski definition) is 0. The summed E-state index contributed by atoms with van der Waals surface area (Å²) >= 11 is 0. The van der Waals surface area contributed by atoms with Gasteiger partial charge >= 0.3 is 0 Å². The Morgan fingerprint density at radius 2 is 0.457 bits per heavy atom. The Labute approximate surface area is 418 Å². The molecule has 0 spiro atoms. The molecule has 0 heteroatoms. The van der Waals surface area contributed by atoms with Gasteiger partial charge in [-0.05, 0) is 172 Å². The Morgan fingerprint density at radius 1 is 0.214 bits per heavy atom. The van der Waals surface area contributed by atoms with Crippen LogP contribution in [-0.2, 0) is 25.7 Å². The van der Waals surface area contributed by atoms with Gasteiger partial charge < -0.3 is 0 Å². The molecule has 0 fully saturated rings. The van der Waals surface area contributed by atoms with Gasteiger partial charge in [0.15, 0.2) is 0 Å². The maximum absolute atomic E-state index is 2.48. The number of benzene rings is 10. The zero-order chi connectivity index (χ0) is 47.8. The summed E-state index contributed by atoms with van der Waals surface area (Å²) in [6.07, 6.45) is 19.5. The van der Waals surface area contributed by atoms with Gasteiger partial charge in [0.1, 0.15) is 0 Å². The third kappa shape index (κ3) is 9.55. The highest BCUT2D eigenvalue weighted by Crippen LogP contribution is 2.51. The van der Waals surface area contributed by atoms with E-state index in [4.69, 9.17) is 0 Å². The Kier molecular flexibility index (Phi) is 14.9. The van der Waals surface area contributed by atoms with E-state index in [1.165, 1.54) is 198 Å². The predicted octanol–water partition coefficient (Wildman–Crippen LogP) is 21.1. The molecule has 10 aromatic rings. The van der Waals surface area contributed by atoms with E-state index in [0.717, 1.165) is 25.7 Å². The number of unbranched alkanes of at least 4 members (excludes halogenated alkanes) is 8. The van der Waals surface area contributed by atoms with E-state index >= 15 is 0 Å². The van der Waals surface area contributed by atoms with Crippen LogP contribution < -0.4 is 0 Å². The second kappa shape index (κ2) is 22.1. The maximum Gasteiger partial charge on any atom is -0.00139 e. The molecule has 0 radical (unpaired) electrons. The third-order valence-corrected chi connectivity index (χ3v) is 15.4. The van der Waals surface area contributed by atoms with Crippen LogP contribution in [0.3, 0.4) is 0 Å². The van der Waals surface area contributed by atoms with Crippen molar-refractivity contribution in [3.8, 4) is 44.5 Å². The van der Waals surface area contributed by atoms with Gasteiger partial charge in [-0.2, -0.15) is 0 Å². The molecule has 352 valence electrons. The minimum Gasteiger partial charge on any atom is -0.0654 e. The summed E-state index contributed by atoms with van der Waals surface area (Å²) < 4.78 is 0. The largest absolute Gasteiger partial charge is 0.0654 e. The van der Waals surface area contributed by atoms with E-state index in [-0.39, 0.29) is 0 Å². The molecule has 0 aliphatic rings. The first-order valence-electron chi connectivity index (χ1n) is 27.3. The van der Waals surface area contributed by atoms with Gasteiger partial charge in [0.25, 0.3) is 0 Å². The Hall–Kier alpha value is -6.50. The Balaban J connectivity index is 1.29. The van der Waals surface area contributed by atoms with Crippen LogP contribution in [0.15, 0.2) is 170 Å². The van der Waals surface area contributed by atoms with Crippen LogP contribution in [0.4, 0.5) is 0 Å². The lowest BCUT2D eigenvalue weighted by Gasteiger charge is -2.22. The smallest absolute Gasteiger partial charge is 0.00139 e. The molecule has 0 bridgehead atoms. The monoisotopic (exact) mass is 913 g/mol. The minimum atomic E-state index is 1.12. The summed E-state index contributed by atoms with van der Waals surface area (Å²) in [5.41, 5.74) is 16.1. The second-order valence-electron chi connectivity index (χ2n) is 20.3. The fourth-order valence-electron chi connectivity index (χ4n) is 11.6. The van der Waals surface area contributed by atoms with Gasteiger partial charge in [-0.3, -0.25) is 0 Å². The lowest BCUT2D eigenvalue weighted by atomic mass is 9.80. The lowest BCUT2D eigenvalue weighted by Crippen LogP contribution is -1.95. The average molecular weight is 913 g/mol. The molecular formula is C70H72. The Bertz CT molecular complexity index is 3140. The van der Waals surface area contributed by atoms with Gasteiger partial charge in [-0.15, -0.1) is 0 Å². The number of fused-ring (bicyclic) bond motifs is 7. The molecule has 0 amide bonds. The van der Waals surface area contributed by atoms with Crippen LogP contribution in [0.25, 0.3) is 98.4 Å². The molecule has 0 saturated heterocycles. The number of hydrogen-bond acceptors (Lipinski definition) is 0. The minimum absolute atomic E-state index is 1.12.